The smallest absolute Gasteiger partial charge is 0.233 e. The molecule has 0 aromatic carbocycles. The maximum absolute atomic E-state index is 11.8. The van der Waals surface area contributed by atoms with Gasteiger partial charge >= 0.3 is 0 Å². The van der Waals surface area contributed by atoms with Crippen LogP contribution in [0.3, 0.4) is 0 Å². The van der Waals surface area contributed by atoms with Crippen molar-refractivity contribution in [3.05, 3.63) is 28.0 Å². The summed E-state index contributed by atoms with van der Waals surface area (Å²) in [7, 11) is 0. The van der Waals surface area contributed by atoms with E-state index >= 15 is 0 Å². The third-order valence-electron chi connectivity index (χ3n) is 3.18. The molecule has 2 heterocycles. The van der Waals surface area contributed by atoms with Crippen LogP contribution >= 0.6 is 23.2 Å². The molecule has 0 radical (unpaired) electrons. The normalized spacial score (nSPS) is 26.4. The number of likely N-dealkylation sites (tertiary alicyclic amines) is 1. The van der Waals surface area contributed by atoms with Gasteiger partial charge in [0.15, 0.2) is 0 Å². The standard InChI is InChI=1S/C11H8Cl2N2O2/c12-8-2-1-5(9(13)14-8)4-15-10(16)6-3-7(6)11(15)17/h1-2,6-7H,3-4H2. The second kappa shape index (κ2) is 3.68. The van der Waals surface area contributed by atoms with Crippen molar-refractivity contribution < 1.29 is 9.59 Å². The Hall–Kier alpha value is -1.13. The second-order valence-corrected chi connectivity index (χ2v) is 5.04. The highest BCUT2D eigenvalue weighted by Gasteiger charge is 2.58. The fourth-order valence-electron chi connectivity index (χ4n) is 2.13. The Labute approximate surface area is 108 Å². The quantitative estimate of drug-likeness (QED) is 0.609. The van der Waals surface area contributed by atoms with Crippen LogP contribution in [-0.4, -0.2) is 21.7 Å². The van der Waals surface area contributed by atoms with E-state index in [9.17, 15) is 9.59 Å². The number of pyridine rings is 1. The highest BCUT2D eigenvalue weighted by Crippen LogP contribution is 2.47. The summed E-state index contributed by atoms with van der Waals surface area (Å²) in [6.45, 7) is 0.188. The number of piperidine rings is 1. The Morgan fingerprint density at radius 3 is 2.47 bits per heavy atom. The first kappa shape index (κ1) is 11.0. The van der Waals surface area contributed by atoms with Crippen molar-refractivity contribution in [1.82, 2.24) is 9.88 Å². The number of imide groups is 1. The molecule has 0 spiro atoms. The Balaban J connectivity index is 1.83. The van der Waals surface area contributed by atoms with Gasteiger partial charge < -0.3 is 0 Å². The molecule has 1 aromatic heterocycles. The summed E-state index contributed by atoms with van der Waals surface area (Å²) < 4.78 is 0. The van der Waals surface area contributed by atoms with E-state index in [0.717, 1.165) is 0 Å². The molecule has 88 valence electrons. The summed E-state index contributed by atoms with van der Waals surface area (Å²) in [5.74, 6) is -0.347. The zero-order valence-corrected chi connectivity index (χ0v) is 10.2. The predicted octanol–water partition coefficient (Wildman–Crippen LogP) is 1.89. The average molecular weight is 271 g/mol. The summed E-state index contributed by atoms with van der Waals surface area (Å²) >= 11 is 11.6. The summed E-state index contributed by atoms with van der Waals surface area (Å²) in [6.07, 6.45) is 0.709. The molecule has 2 aliphatic rings. The van der Waals surface area contributed by atoms with Gasteiger partial charge in [-0.05, 0) is 12.5 Å². The van der Waals surface area contributed by atoms with Crippen LogP contribution in [0.2, 0.25) is 10.3 Å². The summed E-state index contributed by atoms with van der Waals surface area (Å²) in [5.41, 5.74) is 0.638. The van der Waals surface area contributed by atoms with E-state index in [-0.39, 0.29) is 35.3 Å². The van der Waals surface area contributed by atoms with Crippen LogP contribution in [0.4, 0.5) is 0 Å². The van der Waals surface area contributed by atoms with Crippen LogP contribution in [-0.2, 0) is 16.1 Å². The molecule has 2 fully saturated rings. The average Bonchev–Trinajstić information content (AvgIpc) is 3.02. The molecule has 0 N–H and O–H groups in total. The van der Waals surface area contributed by atoms with E-state index in [2.05, 4.69) is 4.98 Å². The molecule has 4 nitrogen and oxygen atoms in total. The Morgan fingerprint density at radius 1 is 1.24 bits per heavy atom. The van der Waals surface area contributed by atoms with Crippen LogP contribution in [0.25, 0.3) is 0 Å². The molecule has 0 bridgehead atoms. The molecule has 1 aromatic rings. The SMILES string of the molecule is O=C1C2CC2C(=O)N1Cc1ccc(Cl)nc1Cl. The number of rotatable bonds is 2. The minimum Gasteiger partial charge on any atom is -0.277 e. The van der Waals surface area contributed by atoms with Gasteiger partial charge in [-0.25, -0.2) is 4.98 Å². The monoisotopic (exact) mass is 270 g/mol. The lowest BCUT2D eigenvalue weighted by molar-refractivity contribution is -0.142. The van der Waals surface area contributed by atoms with Crippen LogP contribution < -0.4 is 0 Å². The molecule has 3 rings (SSSR count). The van der Waals surface area contributed by atoms with Crippen molar-refractivity contribution in [3.8, 4) is 0 Å². The lowest BCUT2D eigenvalue weighted by Gasteiger charge is -2.16. The molecule has 2 unspecified atom stereocenters. The zero-order valence-electron chi connectivity index (χ0n) is 8.69. The third-order valence-corrected chi connectivity index (χ3v) is 3.72. The lowest BCUT2D eigenvalue weighted by Crippen LogP contribution is -2.32. The van der Waals surface area contributed by atoms with Crippen molar-refractivity contribution >= 4 is 35.0 Å². The molecule has 1 saturated heterocycles. The van der Waals surface area contributed by atoms with Crippen molar-refractivity contribution in [2.24, 2.45) is 11.8 Å². The molecule has 1 aliphatic heterocycles. The van der Waals surface area contributed by atoms with Gasteiger partial charge in [0, 0.05) is 5.56 Å². The molecular formula is C11H8Cl2N2O2. The summed E-state index contributed by atoms with van der Waals surface area (Å²) in [6, 6.07) is 3.27. The van der Waals surface area contributed by atoms with Gasteiger partial charge in [-0.3, -0.25) is 14.5 Å². The van der Waals surface area contributed by atoms with Crippen molar-refractivity contribution in [2.45, 2.75) is 13.0 Å². The van der Waals surface area contributed by atoms with E-state index in [1.54, 1.807) is 12.1 Å². The number of carbonyl (C=O) groups is 2. The lowest BCUT2D eigenvalue weighted by atomic mass is 10.2. The van der Waals surface area contributed by atoms with E-state index in [0.29, 0.717) is 17.1 Å². The Morgan fingerprint density at radius 2 is 1.88 bits per heavy atom. The third kappa shape index (κ3) is 1.72. The van der Waals surface area contributed by atoms with E-state index < -0.39 is 0 Å². The summed E-state index contributed by atoms with van der Waals surface area (Å²) in [5, 5.41) is 0.527. The van der Waals surface area contributed by atoms with Gasteiger partial charge in [-0.1, -0.05) is 29.3 Å². The molecule has 6 heteroatoms. The first-order chi connectivity index (χ1) is 8.08. The number of halogens is 2. The highest BCUT2D eigenvalue weighted by molar-refractivity contribution is 6.32. The Bertz CT molecular complexity index is 512. The Kier molecular flexibility index (Phi) is 2.38. The first-order valence-corrected chi connectivity index (χ1v) is 5.99. The first-order valence-electron chi connectivity index (χ1n) is 5.24. The maximum atomic E-state index is 11.8. The van der Waals surface area contributed by atoms with Gasteiger partial charge in [0.1, 0.15) is 10.3 Å². The van der Waals surface area contributed by atoms with Gasteiger partial charge in [-0.2, -0.15) is 0 Å². The van der Waals surface area contributed by atoms with Crippen molar-refractivity contribution in [2.75, 3.05) is 0 Å². The largest absolute Gasteiger partial charge is 0.277 e. The fraction of sp³-hybridized carbons (Fsp3) is 0.364. The van der Waals surface area contributed by atoms with Crippen molar-refractivity contribution in [1.29, 1.82) is 0 Å². The molecular weight excluding hydrogens is 263 g/mol. The minimum atomic E-state index is -0.0917. The van der Waals surface area contributed by atoms with Crippen LogP contribution in [0.5, 0.6) is 0 Å². The van der Waals surface area contributed by atoms with Crippen LogP contribution in [0.1, 0.15) is 12.0 Å². The van der Waals surface area contributed by atoms with Crippen LogP contribution in [0.15, 0.2) is 12.1 Å². The molecule has 17 heavy (non-hydrogen) atoms. The maximum Gasteiger partial charge on any atom is 0.233 e. The topological polar surface area (TPSA) is 50.3 Å². The van der Waals surface area contributed by atoms with Gasteiger partial charge in [0.2, 0.25) is 11.8 Å². The number of hydrogen-bond donors (Lipinski definition) is 0. The molecule has 1 aliphatic carbocycles. The van der Waals surface area contributed by atoms with E-state index in [1.165, 1.54) is 4.90 Å². The van der Waals surface area contributed by atoms with Crippen LogP contribution in [0, 0.1) is 11.8 Å². The highest BCUT2D eigenvalue weighted by atomic mass is 35.5. The number of hydrogen-bond acceptors (Lipinski definition) is 3. The molecule has 2 amide bonds. The molecule has 1 saturated carbocycles. The number of aromatic nitrogens is 1. The zero-order chi connectivity index (χ0) is 12.2. The minimum absolute atomic E-state index is 0.0819. The summed E-state index contributed by atoms with van der Waals surface area (Å²) in [4.78, 5) is 28.6. The van der Waals surface area contributed by atoms with E-state index in [4.69, 9.17) is 23.2 Å². The number of nitrogens with zero attached hydrogens (tertiary/aromatic N) is 2. The number of amides is 2. The number of carbonyl (C=O) groups excluding carboxylic acids is 2. The van der Waals surface area contributed by atoms with Gasteiger partial charge in [-0.15, -0.1) is 0 Å². The fourth-order valence-corrected chi connectivity index (χ4v) is 2.54. The van der Waals surface area contributed by atoms with Crippen molar-refractivity contribution in [3.63, 3.8) is 0 Å². The van der Waals surface area contributed by atoms with Gasteiger partial charge in [0.25, 0.3) is 0 Å². The molecule has 2 atom stereocenters. The second-order valence-electron chi connectivity index (χ2n) is 4.30. The predicted molar refractivity (Wildman–Crippen MR) is 61.4 cm³/mol. The van der Waals surface area contributed by atoms with Gasteiger partial charge in [0.05, 0.1) is 18.4 Å². The van der Waals surface area contributed by atoms with E-state index in [1.807, 2.05) is 0 Å². The number of fused-ring (bicyclic) bond motifs is 1.